The zero-order valence-corrected chi connectivity index (χ0v) is 19.7. The van der Waals surface area contributed by atoms with Gasteiger partial charge in [-0.1, -0.05) is 0 Å². The first-order valence-corrected chi connectivity index (χ1v) is 11.3. The van der Waals surface area contributed by atoms with E-state index in [0.717, 1.165) is 41.3 Å². The second-order valence-electron chi connectivity index (χ2n) is 8.28. The van der Waals surface area contributed by atoms with Gasteiger partial charge in [0, 0.05) is 25.2 Å². The second-order valence-corrected chi connectivity index (χ2v) is 8.28. The molecule has 0 amide bonds. The molecule has 0 spiro atoms. The highest BCUT2D eigenvalue weighted by Crippen LogP contribution is 2.28. The van der Waals surface area contributed by atoms with Crippen LogP contribution in [-0.2, 0) is 4.79 Å². The van der Waals surface area contributed by atoms with Crippen LogP contribution in [0.4, 0.5) is 11.4 Å². The van der Waals surface area contributed by atoms with E-state index in [4.69, 9.17) is 4.99 Å². The van der Waals surface area contributed by atoms with Crippen molar-refractivity contribution in [2.45, 2.75) is 53.5 Å². The number of hydrogen-bond acceptors (Lipinski definition) is 7. The van der Waals surface area contributed by atoms with Crippen LogP contribution in [0.25, 0.3) is 0 Å². The number of rotatable bonds is 8. The fourth-order valence-corrected chi connectivity index (χ4v) is 3.96. The summed E-state index contributed by atoms with van der Waals surface area (Å²) >= 11 is 0. The highest BCUT2D eigenvalue weighted by atomic mass is 16.4. The molecule has 1 N–H and O–H groups in total. The number of benzene rings is 1. The Morgan fingerprint density at radius 2 is 1.91 bits per heavy atom. The van der Waals surface area contributed by atoms with Crippen molar-refractivity contribution in [1.29, 1.82) is 0 Å². The minimum atomic E-state index is -0.882. The molecule has 2 aliphatic heterocycles. The molecule has 9 nitrogen and oxygen atoms in total. The molecule has 1 atom stereocenters. The van der Waals surface area contributed by atoms with Crippen molar-refractivity contribution in [3.63, 3.8) is 0 Å². The van der Waals surface area contributed by atoms with Crippen molar-refractivity contribution in [2.75, 3.05) is 18.0 Å². The van der Waals surface area contributed by atoms with Crippen LogP contribution in [0, 0.1) is 6.92 Å². The third kappa shape index (κ3) is 4.35. The Bertz CT molecular complexity index is 1220. The topological polar surface area (TPSA) is 108 Å². The lowest BCUT2D eigenvalue weighted by Gasteiger charge is -2.21. The third-order valence-corrected chi connectivity index (χ3v) is 6.05. The molecule has 1 unspecified atom stereocenters. The molecular weight excluding hydrogens is 418 g/mol. The fourth-order valence-electron chi connectivity index (χ4n) is 3.96. The molecule has 172 valence electrons. The molecule has 0 bridgehead atoms. The minimum absolute atomic E-state index is 0.0394. The number of aliphatic carboxylic acids is 1. The minimum Gasteiger partial charge on any atom is -0.481 e. The summed E-state index contributed by atoms with van der Waals surface area (Å²) in [6.07, 6.45) is 2.20. The zero-order chi connectivity index (χ0) is 23.7. The number of carboxylic acid groups (broad SMARTS) is 1. The van der Waals surface area contributed by atoms with E-state index in [1.165, 1.54) is 0 Å². The van der Waals surface area contributed by atoms with Crippen LogP contribution in [0.2, 0.25) is 0 Å². The summed E-state index contributed by atoms with van der Waals surface area (Å²) < 4.78 is 1.64. The highest BCUT2D eigenvalue weighted by Gasteiger charge is 2.31. The molecule has 3 heterocycles. The van der Waals surface area contributed by atoms with Gasteiger partial charge < -0.3 is 10.0 Å². The lowest BCUT2D eigenvalue weighted by molar-refractivity contribution is -0.136. The molecule has 33 heavy (non-hydrogen) atoms. The van der Waals surface area contributed by atoms with Crippen LogP contribution in [0.5, 0.6) is 0 Å². The normalized spacial score (nSPS) is 18.3. The Labute approximate surface area is 193 Å². The van der Waals surface area contributed by atoms with Crippen molar-refractivity contribution in [3.05, 3.63) is 47.1 Å². The van der Waals surface area contributed by atoms with Crippen molar-refractivity contribution in [3.8, 4) is 0 Å². The van der Waals surface area contributed by atoms with Crippen molar-refractivity contribution in [1.82, 2.24) is 14.9 Å². The van der Waals surface area contributed by atoms with E-state index in [9.17, 15) is 9.90 Å². The Balaban J connectivity index is 1.75. The molecule has 2 aliphatic rings. The molecule has 9 heteroatoms. The number of carboxylic acids is 1. The van der Waals surface area contributed by atoms with Gasteiger partial charge in [-0.2, -0.15) is 9.78 Å². The van der Waals surface area contributed by atoms with E-state index < -0.39 is 5.97 Å². The number of aliphatic imine (C=N–C) groups is 2. The van der Waals surface area contributed by atoms with E-state index in [1.54, 1.807) is 4.68 Å². The second kappa shape index (κ2) is 9.09. The van der Waals surface area contributed by atoms with Crippen LogP contribution in [-0.4, -0.2) is 62.2 Å². The molecule has 4 rings (SSSR count). The summed E-state index contributed by atoms with van der Waals surface area (Å²) in [5, 5.41) is 22.5. The van der Waals surface area contributed by atoms with Gasteiger partial charge in [-0.3, -0.25) is 9.79 Å². The van der Waals surface area contributed by atoms with Gasteiger partial charge in [-0.15, -0.1) is 10.2 Å². The predicted octanol–water partition coefficient (Wildman–Crippen LogP) is 3.77. The van der Waals surface area contributed by atoms with E-state index in [1.807, 2.05) is 32.9 Å². The first-order valence-electron chi connectivity index (χ1n) is 11.3. The van der Waals surface area contributed by atoms with Crippen LogP contribution in [0.1, 0.15) is 57.7 Å². The van der Waals surface area contributed by atoms with Gasteiger partial charge in [0.15, 0.2) is 0 Å². The molecule has 1 aromatic carbocycles. The first kappa shape index (κ1) is 22.6. The van der Waals surface area contributed by atoms with Gasteiger partial charge in [-0.25, -0.2) is 4.99 Å². The fraction of sp³-hybridized carbons (Fsp3) is 0.417. The predicted molar refractivity (Wildman–Crippen MR) is 130 cm³/mol. The van der Waals surface area contributed by atoms with Crippen molar-refractivity contribution >= 4 is 34.5 Å². The molecule has 0 saturated carbocycles. The molecule has 2 aromatic rings. The quantitative estimate of drug-likeness (QED) is 0.663. The summed E-state index contributed by atoms with van der Waals surface area (Å²) in [5.74, 6) is 0.165. The standard InChI is InChI=1S/C24H29N7O2/c1-6-30(7-2)17-8-9-18(15(4)12-17)26-22-19(10-11-21(32)33)29-31-23(27-28-24(22)31)20-13-14(3)16(5)25-20/h8-9,12-13,16H,6-7,10-11H2,1-5H3,(H,32,33). The number of aromatic nitrogens is 3. The number of anilines is 1. The SMILES string of the molecule is CCN(CC)c1ccc(N=C2C(CCC(=O)O)=Nn3c(C4=NC(C)C(C)=C4)nnc32)c(C)c1. The molecule has 0 saturated heterocycles. The highest BCUT2D eigenvalue weighted by molar-refractivity contribution is 6.49. The van der Waals surface area contributed by atoms with Gasteiger partial charge >= 0.3 is 5.97 Å². The smallest absolute Gasteiger partial charge is 0.303 e. The van der Waals surface area contributed by atoms with Gasteiger partial charge in [0.2, 0.25) is 11.6 Å². The van der Waals surface area contributed by atoms with Gasteiger partial charge in [-0.05, 0) is 70.0 Å². The monoisotopic (exact) mass is 447 g/mol. The lowest BCUT2D eigenvalue weighted by atomic mass is 10.1. The average Bonchev–Trinajstić information content (AvgIpc) is 3.43. The van der Waals surface area contributed by atoms with Gasteiger partial charge in [0.25, 0.3) is 0 Å². The average molecular weight is 448 g/mol. The summed E-state index contributed by atoms with van der Waals surface area (Å²) in [5.41, 5.74) is 5.98. The Morgan fingerprint density at radius 1 is 1.18 bits per heavy atom. The number of hydrogen-bond donors (Lipinski definition) is 1. The third-order valence-electron chi connectivity index (χ3n) is 6.05. The number of nitrogens with zero attached hydrogens (tertiary/aromatic N) is 7. The van der Waals surface area contributed by atoms with Crippen molar-refractivity contribution < 1.29 is 9.90 Å². The van der Waals surface area contributed by atoms with Gasteiger partial charge in [0.1, 0.15) is 11.4 Å². The van der Waals surface area contributed by atoms with Crippen LogP contribution >= 0.6 is 0 Å². The van der Waals surface area contributed by atoms with Crippen LogP contribution in [0.15, 0.2) is 44.9 Å². The summed E-state index contributed by atoms with van der Waals surface area (Å²) in [6.45, 7) is 12.2. The summed E-state index contributed by atoms with van der Waals surface area (Å²) in [7, 11) is 0. The van der Waals surface area contributed by atoms with Crippen molar-refractivity contribution in [2.24, 2.45) is 15.1 Å². The van der Waals surface area contributed by atoms with E-state index in [-0.39, 0.29) is 18.9 Å². The Morgan fingerprint density at radius 3 is 2.52 bits per heavy atom. The van der Waals surface area contributed by atoms with Crippen LogP contribution < -0.4 is 4.90 Å². The molecule has 0 fully saturated rings. The van der Waals surface area contributed by atoms with E-state index >= 15 is 0 Å². The van der Waals surface area contributed by atoms with Gasteiger partial charge in [0.05, 0.1) is 23.9 Å². The number of fused-ring (bicyclic) bond motifs is 1. The Hall–Kier alpha value is -3.62. The molecule has 0 radical (unpaired) electrons. The number of allylic oxidation sites excluding steroid dienone is 1. The zero-order valence-electron chi connectivity index (χ0n) is 19.7. The Kier molecular flexibility index (Phi) is 6.22. The maximum absolute atomic E-state index is 11.2. The van der Waals surface area contributed by atoms with E-state index in [2.05, 4.69) is 51.2 Å². The summed E-state index contributed by atoms with van der Waals surface area (Å²) in [6, 6.07) is 6.25. The molecule has 0 aliphatic carbocycles. The lowest BCUT2D eigenvalue weighted by Crippen LogP contribution is -2.21. The number of aryl methyl sites for hydroxylation is 1. The largest absolute Gasteiger partial charge is 0.481 e. The first-order chi connectivity index (χ1) is 15.8. The van der Waals surface area contributed by atoms with Crippen LogP contribution in [0.3, 0.4) is 0 Å². The molecular formula is C24H29N7O2. The maximum Gasteiger partial charge on any atom is 0.303 e. The number of carbonyl (C=O) groups is 1. The van der Waals surface area contributed by atoms with E-state index in [0.29, 0.717) is 23.1 Å². The summed E-state index contributed by atoms with van der Waals surface area (Å²) in [4.78, 5) is 23.0. The maximum atomic E-state index is 11.2. The molecule has 1 aromatic heterocycles.